The van der Waals surface area contributed by atoms with E-state index in [0.717, 1.165) is 0 Å². The fraction of sp³-hybridized carbons (Fsp3) is 0.500. The van der Waals surface area contributed by atoms with Crippen LogP contribution in [-0.2, 0) is 9.53 Å². The molecule has 3 atom stereocenters. The number of ether oxygens (including phenoxy) is 1. The van der Waals surface area contributed by atoms with Gasteiger partial charge in [-0.05, 0) is 0 Å². The number of carbonyl (C=O) groups is 1. The number of alkyl halides is 1. The quantitative estimate of drug-likeness (QED) is 0.680. The van der Waals surface area contributed by atoms with Crippen molar-refractivity contribution in [3.8, 4) is 0 Å². The normalized spacial score (nSPS) is 30.5. The van der Waals surface area contributed by atoms with E-state index in [1.165, 1.54) is 0 Å². The van der Waals surface area contributed by atoms with E-state index in [1.54, 1.807) is 4.98 Å². The average molecular weight is 276 g/mol. The van der Waals surface area contributed by atoms with Crippen molar-refractivity contribution in [3.05, 3.63) is 32.9 Å². The van der Waals surface area contributed by atoms with Crippen molar-refractivity contribution in [2.45, 2.75) is 24.4 Å². The summed E-state index contributed by atoms with van der Waals surface area (Å²) in [5.74, 6) is -1.29. The molecule has 9 heteroatoms. The highest BCUT2D eigenvalue weighted by Gasteiger charge is 2.48. The summed E-state index contributed by atoms with van der Waals surface area (Å²) in [6.07, 6.45) is -3.13. The van der Waals surface area contributed by atoms with Crippen LogP contribution in [0, 0.1) is 5.82 Å². The number of nitrogens with zero attached hydrogens (tertiary/aromatic N) is 1. The largest absolute Gasteiger partial charge is 0.393 e. The van der Waals surface area contributed by atoms with E-state index in [4.69, 9.17) is 9.84 Å². The number of hydrogen-bond acceptors (Lipinski definition) is 5. The van der Waals surface area contributed by atoms with E-state index in [-0.39, 0.29) is 6.29 Å². The van der Waals surface area contributed by atoms with Crippen LogP contribution in [0.2, 0.25) is 0 Å². The fourth-order valence-electron chi connectivity index (χ4n) is 1.89. The molecule has 1 fully saturated rings. The first-order chi connectivity index (χ1) is 8.92. The molecule has 2 rings (SSSR count). The van der Waals surface area contributed by atoms with Gasteiger partial charge < -0.3 is 14.6 Å². The number of halogens is 2. The number of aldehydes is 1. The SMILES string of the molecule is O=C[C@@]1(CO)C[C@H](F)[C@H](n2cc(F)c(=O)[nH]c2=O)O1. The smallest absolute Gasteiger partial charge is 0.330 e. The van der Waals surface area contributed by atoms with Crippen molar-refractivity contribution in [2.24, 2.45) is 0 Å². The Bertz CT molecular complexity index is 613. The van der Waals surface area contributed by atoms with Crippen molar-refractivity contribution in [3.63, 3.8) is 0 Å². The molecule has 0 bridgehead atoms. The summed E-state index contributed by atoms with van der Waals surface area (Å²) in [5, 5.41) is 9.02. The Morgan fingerprint density at radius 3 is 2.84 bits per heavy atom. The van der Waals surface area contributed by atoms with Crippen molar-refractivity contribution in [1.82, 2.24) is 9.55 Å². The zero-order chi connectivity index (χ0) is 14.2. The number of hydrogen-bond donors (Lipinski definition) is 2. The number of aliphatic hydroxyl groups excluding tert-OH is 1. The number of nitrogens with one attached hydrogen (secondary N) is 1. The second-order valence-corrected chi connectivity index (χ2v) is 4.21. The molecule has 0 spiro atoms. The molecule has 0 saturated carbocycles. The molecular formula is C10H10F2N2O5. The van der Waals surface area contributed by atoms with Crippen LogP contribution in [0.25, 0.3) is 0 Å². The van der Waals surface area contributed by atoms with Crippen LogP contribution >= 0.6 is 0 Å². The van der Waals surface area contributed by atoms with Gasteiger partial charge in [0.15, 0.2) is 18.1 Å². The molecule has 0 aromatic carbocycles. The summed E-state index contributed by atoms with van der Waals surface area (Å²) in [6.45, 7) is -0.770. The lowest BCUT2D eigenvalue weighted by Crippen LogP contribution is -2.38. The molecule has 0 aliphatic carbocycles. The van der Waals surface area contributed by atoms with Gasteiger partial charge in [0.2, 0.25) is 5.82 Å². The Morgan fingerprint density at radius 1 is 1.63 bits per heavy atom. The number of H-pyrrole nitrogens is 1. The highest BCUT2D eigenvalue weighted by atomic mass is 19.1. The van der Waals surface area contributed by atoms with Crippen molar-refractivity contribution < 1.29 is 23.4 Å². The molecule has 1 aliphatic heterocycles. The third-order valence-electron chi connectivity index (χ3n) is 2.89. The Balaban J connectivity index is 2.44. The van der Waals surface area contributed by atoms with Gasteiger partial charge in [-0.3, -0.25) is 14.3 Å². The minimum atomic E-state index is -1.81. The zero-order valence-electron chi connectivity index (χ0n) is 9.51. The van der Waals surface area contributed by atoms with Crippen LogP contribution in [-0.4, -0.2) is 39.3 Å². The fourth-order valence-corrected chi connectivity index (χ4v) is 1.89. The summed E-state index contributed by atoms with van der Waals surface area (Å²) in [5.41, 5.74) is -4.08. The highest BCUT2D eigenvalue weighted by Crippen LogP contribution is 2.36. The van der Waals surface area contributed by atoms with Crippen LogP contribution in [0.1, 0.15) is 12.6 Å². The molecule has 0 unspecified atom stereocenters. The molecule has 2 N–H and O–H groups in total. The monoisotopic (exact) mass is 276 g/mol. The van der Waals surface area contributed by atoms with E-state index in [2.05, 4.69) is 0 Å². The maximum atomic E-state index is 13.8. The van der Waals surface area contributed by atoms with Gasteiger partial charge in [-0.1, -0.05) is 0 Å². The summed E-state index contributed by atoms with van der Waals surface area (Å²) >= 11 is 0. The third kappa shape index (κ3) is 2.22. The molecule has 1 saturated heterocycles. The molecule has 1 aromatic rings. The van der Waals surface area contributed by atoms with Gasteiger partial charge in [0, 0.05) is 6.42 Å². The van der Waals surface area contributed by atoms with Gasteiger partial charge in [0.1, 0.15) is 6.17 Å². The lowest BCUT2D eigenvalue weighted by molar-refractivity contribution is -0.142. The molecule has 0 amide bonds. The van der Waals surface area contributed by atoms with Crippen molar-refractivity contribution >= 4 is 6.29 Å². The summed E-state index contributed by atoms with van der Waals surface area (Å²) in [6, 6.07) is 0. The third-order valence-corrected chi connectivity index (χ3v) is 2.89. The standard InChI is InChI=1S/C10H10F2N2O5/c11-5-1-10(3-15,4-16)19-8(5)14-2-6(12)7(17)13-9(14)18/h2-3,5,8,16H,1,4H2,(H,13,17,18)/t5-,8+,10+/m0/s1. The Hall–Kier alpha value is -1.87. The van der Waals surface area contributed by atoms with Gasteiger partial charge in [0.25, 0.3) is 5.56 Å². The molecule has 7 nitrogen and oxygen atoms in total. The summed E-state index contributed by atoms with van der Waals surface area (Å²) in [4.78, 5) is 34.8. The number of aromatic amines is 1. The van der Waals surface area contributed by atoms with Crippen molar-refractivity contribution in [2.75, 3.05) is 6.61 Å². The first kappa shape index (κ1) is 13.6. The van der Waals surface area contributed by atoms with E-state index in [0.29, 0.717) is 10.8 Å². The Labute approximate surface area is 104 Å². The maximum Gasteiger partial charge on any atom is 0.330 e. The summed E-state index contributed by atoms with van der Waals surface area (Å²) in [7, 11) is 0. The minimum Gasteiger partial charge on any atom is -0.393 e. The first-order valence-corrected chi connectivity index (χ1v) is 5.32. The molecule has 2 heterocycles. The van der Waals surface area contributed by atoms with E-state index in [9.17, 15) is 23.2 Å². The number of rotatable bonds is 3. The number of aromatic nitrogens is 2. The summed E-state index contributed by atoms with van der Waals surface area (Å²) < 4.78 is 32.4. The maximum absolute atomic E-state index is 13.8. The topological polar surface area (TPSA) is 101 Å². The second kappa shape index (κ2) is 4.67. The van der Waals surface area contributed by atoms with Gasteiger partial charge in [-0.15, -0.1) is 0 Å². The number of carbonyl (C=O) groups excluding carboxylic acids is 1. The van der Waals surface area contributed by atoms with Gasteiger partial charge in [-0.25, -0.2) is 9.18 Å². The Morgan fingerprint density at radius 2 is 2.32 bits per heavy atom. The molecule has 104 valence electrons. The van der Waals surface area contributed by atoms with E-state index >= 15 is 0 Å². The molecule has 1 aromatic heterocycles. The average Bonchev–Trinajstić information content (AvgIpc) is 2.72. The minimum absolute atomic E-state index is 0.229. The second-order valence-electron chi connectivity index (χ2n) is 4.21. The van der Waals surface area contributed by atoms with Gasteiger partial charge in [-0.2, -0.15) is 4.39 Å². The van der Waals surface area contributed by atoms with E-state index in [1.807, 2.05) is 0 Å². The molecular weight excluding hydrogens is 266 g/mol. The van der Waals surface area contributed by atoms with Crippen LogP contribution in [0.5, 0.6) is 0 Å². The van der Waals surface area contributed by atoms with Crippen molar-refractivity contribution in [1.29, 1.82) is 0 Å². The predicted molar refractivity (Wildman–Crippen MR) is 56.8 cm³/mol. The highest BCUT2D eigenvalue weighted by molar-refractivity contribution is 5.63. The van der Waals surface area contributed by atoms with Crippen LogP contribution < -0.4 is 11.2 Å². The van der Waals surface area contributed by atoms with Gasteiger partial charge in [0.05, 0.1) is 12.8 Å². The molecule has 0 radical (unpaired) electrons. The lowest BCUT2D eigenvalue weighted by atomic mass is 10.0. The van der Waals surface area contributed by atoms with Gasteiger partial charge >= 0.3 is 5.69 Å². The Kier molecular flexibility index (Phi) is 3.33. The molecule has 1 aliphatic rings. The van der Waals surface area contributed by atoms with Crippen LogP contribution in [0.3, 0.4) is 0 Å². The van der Waals surface area contributed by atoms with E-state index < -0.39 is 48.1 Å². The van der Waals surface area contributed by atoms with Crippen LogP contribution in [0.15, 0.2) is 15.8 Å². The zero-order valence-corrected chi connectivity index (χ0v) is 9.51. The number of aliphatic hydroxyl groups is 1. The molecule has 19 heavy (non-hydrogen) atoms. The predicted octanol–water partition coefficient (Wildman–Crippen LogP) is -1.14. The van der Waals surface area contributed by atoms with Crippen LogP contribution in [0.4, 0.5) is 8.78 Å². The first-order valence-electron chi connectivity index (χ1n) is 5.32. The lowest BCUT2D eigenvalue weighted by Gasteiger charge is -2.20.